The van der Waals surface area contributed by atoms with Crippen LogP contribution in [0, 0.1) is 5.82 Å². The number of aliphatic hydroxyl groups is 1. The highest BCUT2D eigenvalue weighted by Gasteiger charge is 2.23. The fourth-order valence-electron chi connectivity index (χ4n) is 1.56. The zero-order valence-electron chi connectivity index (χ0n) is 11.7. The molecule has 0 radical (unpaired) electrons. The van der Waals surface area contributed by atoms with Crippen LogP contribution in [0.1, 0.15) is 25.4 Å². The number of carbonyl (C=O) groups excluding carboxylic acids is 1. The Kier molecular flexibility index (Phi) is 6.10. The van der Waals surface area contributed by atoms with Gasteiger partial charge in [-0.15, -0.1) is 0 Å². The number of rotatable bonds is 6. The predicted octanol–water partition coefficient (Wildman–Crippen LogP) is 2.95. The molecule has 1 aromatic rings. The minimum Gasteiger partial charge on any atom is -0.392 e. The van der Waals surface area contributed by atoms with E-state index in [1.807, 2.05) is 5.32 Å². The fraction of sp³-hybridized carbons (Fsp3) is 0.417. The van der Waals surface area contributed by atoms with Crippen LogP contribution in [0.3, 0.4) is 0 Å². The molecule has 0 aliphatic rings. The molecule has 118 valence electrons. The maximum atomic E-state index is 13.4. The van der Waals surface area contributed by atoms with Crippen LogP contribution >= 0.6 is 23.2 Å². The fourth-order valence-corrected chi connectivity index (χ4v) is 1.96. The van der Waals surface area contributed by atoms with Gasteiger partial charge in [-0.3, -0.25) is 9.53 Å². The van der Waals surface area contributed by atoms with Gasteiger partial charge in [0.25, 0.3) is 5.91 Å². The minimum absolute atomic E-state index is 0.0155. The third kappa shape index (κ3) is 5.03. The molecule has 0 fully saturated rings. The highest BCUT2D eigenvalue weighted by atomic mass is 35.5. The zero-order valence-corrected chi connectivity index (χ0v) is 12.2. The Morgan fingerprint density at radius 2 is 2.19 bits per heavy atom. The van der Waals surface area contributed by atoms with Crippen LogP contribution in [0.25, 0.3) is 0 Å². The van der Waals surface area contributed by atoms with E-state index in [1.54, 1.807) is 0 Å². The number of carbonyl (C=O) groups is 1. The first-order valence-corrected chi connectivity index (χ1v) is 6.39. The molecule has 1 amide bonds. The molecule has 1 aromatic carbocycles. The van der Waals surface area contributed by atoms with Gasteiger partial charge in [-0.1, -0.05) is 23.2 Å². The minimum atomic E-state index is -3.28. The molecule has 0 heterocycles. The maximum Gasteiger partial charge on any atom is 0.347 e. The number of ether oxygens (including phenoxy) is 1. The van der Waals surface area contributed by atoms with Crippen LogP contribution in [-0.4, -0.2) is 23.2 Å². The topological polar surface area (TPSA) is 58.6 Å². The van der Waals surface area contributed by atoms with Gasteiger partial charge in [0.05, 0.1) is 14.0 Å². The van der Waals surface area contributed by atoms with Crippen molar-refractivity contribution < 1.29 is 29.2 Å². The van der Waals surface area contributed by atoms with E-state index in [-0.39, 0.29) is 16.1 Å². The van der Waals surface area contributed by atoms with Crippen LogP contribution < -0.4 is 5.32 Å². The van der Waals surface area contributed by atoms with Gasteiger partial charge in [0, 0.05) is 10.6 Å². The summed E-state index contributed by atoms with van der Waals surface area (Å²) < 4.78 is 49.2. The second kappa shape index (κ2) is 7.84. The molecule has 2 atom stereocenters. The van der Waals surface area contributed by atoms with E-state index >= 15 is 0 Å². The molecule has 0 saturated heterocycles. The first kappa shape index (κ1) is 16.4. The second-order valence-electron chi connectivity index (χ2n) is 3.90. The summed E-state index contributed by atoms with van der Waals surface area (Å²) in [6.45, 7) is -2.75. The van der Waals surface area contributed by atoms with Crippen LogP contribution in [0.5, 0.6) is 0 Å². The van der Waals surface area contributed by atoms with Crippen molar-refractivity contribution >= 4 is 29.1 Å². The van der Waals surface area contributed by atoms with Crippen molar-refractivity contribution in [1.29, 1.82) is 0 Å². The average Bonchev–Trinajstić information content (AvgIpc) is 2.36. The first-order valence-electron chi connectivity index (χ1n) is 6.07. The molecule has 0 bridgehead atoms. The van der Waals surface area contributed by atoms with E-state index in [2.05, 4.69) is 4.74 Å². The van der Waals surface area contributed by atoms with Crippen molar-refractivity contribution in [2.75, 3.05) is 0 Å². The number of benzene rings is 1. The Morgan fingerprint density at radius 3 is 2.71 bits per heavy atom. The summed E-state index contributed by atoms with van der Waals surface area (Å²) in [4.78, 5) is 11.6. The summed E-state index contributed by atoms with van der Waals surface area (Å²) in [5, 5.41) is 11.1. The van der Waals surface area contributed by atoms with Crippen LogP contribution in [-0.2, 0) is 16.1 Å². The molecule has 1 rings (SSSR count). The van der Waals surface area contributed by atoms with E-state index < -0.39 is 36.5 Å². The Morgan fingerprint density at radius 1 is 1.57 bits per heavy atom. The lowest BCUT2D eigenvalue weighted by molar-refractivity contribution is -0.160. The van der Waals surface area contributed by atoms with Crippen molar-refractivity contribution in [3.05, 3.63) is 34.1 Å². The largest absolute Gasteiger partial charge is 0.392 e. The normalized spacial score (nSPS) is 16.3. The first-order chi connectivity index (χ1) is 10.1. The number of hydrogen-bond donors (Lipinski definition) is 2. The summed E-state index contributed by atoms with van der Waals surface area (Å²) in [6, 6.07) is -0.166. The molecular formula is C12H12Cl2F3NO3. The third-order valence-electron chi connectivity index (χ3n) is 2.46. The lowest BCUT2D eigenvalue weighted by Gasteiger charge is -2.20. The molecular weight excluding hydrogens is 334 g/mol. The number of alkyl halides is 3. The van der Waals surface area contributed by atoms with Crippen LogP contribution in [0.4, 0.5) is 13.2 Å². The van der Waals surface area contributed by atoms with Gasteiger partial charge in [0.1, 0.15) is 5.82 Å². The highest BCUT2D eigenvalue weighted by Crippen LogP contribution is 2.27. The van der Waals surface area contributed by atoms with E-state index in [0.29, 0.717) is 0 Å². The summed E-state index contributed by atoms with van der Waals surface area (Å²) in [5.41, 5.74) is -2.16. The van der Waals surface area contributed by atoms with Crippen molar-refractivity contribution in [3.63, 3.8) is 0 Å². The lowest BCUT2D eigenvalue weighted by atomic mass is 10.0. The quantitative estimate of drug-likeness (QED) is 0.778. The number of hydrogen-bond acceptors (Lipinski definition) is 3. The summed E-state index contributed by atoms with van der Waals surface area (Å²) in [6.07, 6.45) is 0. The number of aliphatic hydroxyl groups excluding tert-OH is 1. The van der Waals surface area contributed by atoms with Crippen molar-refractivity contribution in [3.8, 4) is 0 Å². The molecule has 4 nitrogen and oxygen atoms in total. The van der Waals surface area contributed by atoms with Gasteiger partial charge in [-0.25, -0.2) is 4.39 Å². The second-order valence-corrected chi connectivity index (χ2v) is 4.70. The maximum absolute atomic E-state index is 13.4. The Balaban J connectivity index is 3.06. The molecule has 0 aromatic heterocycles. The Hall–Kier alpha value is -1.02. The standard InChI is InChI=1S/C12H12Cl2F3NO3/c1-5(18-11(20)10(14)21-12(16)17)7-2-6(15)3-9(13)8(7)4-19/h2-3,5,10,12,19H,4H2,1H3,(H,18,20)/t5-,10?/m0/s1/i5D. The number of amides is 1. The summed E-state index contributed by atoms with van der Waals surface area (Å²) in [7, 11) is 0. The molecule has 21 heavy (non-hydrogen) atoms. The monoisotopic (exact) mass is 346 g/mol. The zero-order chi connectivity index (χ0) is 17.1. The van der Waals surface area contributed by atoms with E-state index in [4.69, 9.17) is 24.6 Å². The van der Waals surface area contributed by atoms with Gasteiger partial charge in [0.2, 0.25) is 5.56 Å². The molecule has 0 aliphatic carbocycles. The Bertz CT molecular complexity index is 561. The van der Waals surface area contributed by atoms with Gasteiger partial charge in [-0.05, 0) is 24.6 Å². The van der Waals surface area contributed by atoms with Crippen molar-refractivity contribution in [1.82, 2.24) is 5.32 Å². The molecule has 9 heteroatoms. The molecule has 0 saturated carbocycles. The van der Waals surface area contributed by atoms with Gasteiger partial charge >= 0.3 is 6.61 Å². The smallest absolute Gasteiger partial charge is 0.347 e. The van der Waals surface area contributed by atoms with Gasteiger partial charge in [0.15, 0.2) is 0 Å². The van der Waals surface area contributed by atoms with Gasteiger partial charge in [-0.2, -0.15) is 8.78 Å². The van der Waals surface area contributed by atoms with E-state index in [0.717, 1.165) is 19.1 Å². The summed E-state index contributed by atoms with van der Waals surface area (Å²) >= 11 is 11.1. The van der Waals surface area contributed by atoms with Crippen LogP contribution in [0.2, 0.25) is 5.02 Å². The SMILES string of the molecule is [2H][C@@](C)(NC(=O)C(Cl)OC(F)F)c1cc(F)cc(Cl)c1CO. The van der Waals surface area contributed by atoms with Crippen molar-refractivity contribution in [2.24, 2.45) is 0 Å². The van der Waals surface area contributed by atoms with E-state index in [1.165, 1.54) is 0 Å². The molecule has 1 unspecified atom stereocenters. The number of nitrogens with one attached hydrogen (secondary N) is 1. The summed E-state index contributed by atoms with van der Waals surface area (Å²) in [5.74, 6) is -2.01. The lowest BCUT2D eigenvalue weighted by Crippen LogP contribution is -2.36. The average molecular weight is 347 g/mol. The highest BCUT2D eigenvalue weighted by molar-refractivity contribution is 6.31. The van der Waals surface area contributed by atoms with Crippen molar-refractivity contribution in [2.45, 2.75) is 31.7 Å². The predicted molar refractivity (Wildman–Crippen MR) is 70.6 cm³/mol. The molecule has 0 spiro atoms. The van der Waals surface area contributed by atoms with Crippen LogP contribution in [0.15, 0.2) is 12.1 Å². The van der Waals surface area contributed by atoms with Gasteiger partial charge < -0.3 is 10.4 Å². The molecule has 0 aliphatic heterocycles. The molecule has 2 N–H and O–H groups in total. The third-order valence-corrected chi connectivity index (χ3v) is 3.10. The Labute approximate surface area is 130 Å². The van der Waals surface area contributed by atoms with E-state index in [9.17, 15) is 23.1 Å². The number of halogens is 5.